The molecule has 1 N–H and O–H groups in total. The summed E-state index contributed by atoms with van der Waals surface area (Å²) in [6.07, 6.45) is 3.25. The van der Waals surface area contributed by atoms with E-state index in [0.717, 1.165) is 17.1 Å². The summed E-state index contributed by atoms with van der Waals surface area (Å²) in [4.78, 5) is 17.2. The Morgan fingerprint density at radius 2 is 1.92 bits per heavy atom. The summed E-state index contributed by atoms with van der Waals surface area (Å²) in [6.45, 7) is 2.12. The molecule has 4 rings (SSSR count). The first kappa shape index (κ1) is 14.8. The molecule has 1 aliphatic heterocycles. The molecule has 0 radical (unpaired) electrons. The van der Waals surface area contributed by atoms with Crippen LogP contribution >= 0.6 is 11.6 Å². The van der Waals surface area contributed by atoms with Crippen LogP contribution in [-0.4, -0.2) is 15.0 Å². The van der Waals surface area contributed by atoms with E-state index in [2.05, 4.69) is 44.3 Å². The van der Waals surface area contributed by atoms with Crippen molar-refractivity contribution in [2.24, 2.45) is 4.99 Å². The average Bonchev–Trinajstić information content (AvgIpc) is 2.59. The molecule has 2 aromatic heterocycles. The van der Waals surface area contributed by atoms with Crippen molar-refractivity contribution in [1.82, 2.24) is 15.0 Å². The van der Waals surface area contributed by atoms with Crippen LogP contribution in [0.5, 0.6) is 0 Å². The van der Waals surface area contributed by atoms with Crippen molar-refractivity contribution in [3.63, 3.8) is 0 Å². The maximum Gasteiger partial charge on any atom is 0.181 e. The van der Waals surface area contributed by atoms with Gasteiger partial charge in [-0.05, 0) is 24.6 Å². The van der Waals surface area contributed by atoms with Crippen molar-refractivity contribution < 1.29 is 0 Å². The van der Waals surface area contributed by atoms with Crippen LogP contribution in [0.1, 0.15) is 24.2 Å². The minimum Gasteiger partial charge on any atom is -0.378 e. The van der Waals surface area contributed by atoms with Crippen molar-refractivity contribution >= 4 is 23.0 Å². The summed E-state index contributed by atoms with van der Waals surface area (Å²) in [6, 6.07) is 14.4. The highest BCUT2D eigenvalue weighted by molar-refractivity contribution is 6.29. The molecule has 3 heterocycles. The molecule has 0 aliphatic carbocycles. The Hall–Kier alpha value is -2.79. The van der Waals surface area contributed by atoms with Crippen LogP contribution in [0, 0.1) is 0 Å². The van der Waals surface area contributed by atoms with Gasteiger partial charge in [-0.15, -0.1) is 0 Å². The third-order valence-corrected chi connectivity index (χ3v) is 4.03. The van der Waals surface area contributed by atoms with Gasteiger partial charge >= 0.3 is 0 Å². The first-order valence-electron chi connectivity index (χ1n) is 7.60. The van der Waals surface area contributed by atoms with Gasteiger partial charge in [-0.3, -0.25) is 4.98 Å². The van der Waals surface area contributed by atoms with Crippen LogP contribution < -0.4 is 16.2 Å². The Bertz CT molecular complexity index is 1020. The summed E-state index contributed by atoms with van der Waals surface area (Å²) >= 11 is 5.91. The first-order valence-corrected chi connectivity index (χ1v) is 7.98. The van der Waals surface area contributed by atoms with Crippen molar-refractivity contribution in [3.05, 3.63) is 82.1 Å². The second-order valence-corrected chi connectivity index (χ2v) is 5.92. The number of rotatable bonds is 4. The lowest BCUT2D eigenvalue weighted by Gasteiger charge is -2.16. The summed E-state index contributed by atoms with van der Waals surface area (Å²) < 4.78 is 0. The molecule has 0 saturated carbocycles. The molecule has 0 saturated heterocycles. The fraction of sp³-hybridized carbons (Fsp3) is 0.111. The molecule has 0 fully saturated rings. The fourth-order valence-electron chi connectivity index (χ4n) is 2.61. The van der Waals surface area contributed by atoms with Gasteiger partial charge in [0.25, 0.3) is 0 Å². The highest BCUT2D eigenvalue weighted by Crippen LogP contribution is 2.21. The van der Waals surface area contributed by atoms with E-state index in [0.29, 0.717) is 16.0 Å². The number of halogens is 1. The molecule has 1 aliphatic rings. The van der Waals surface area contributed by atoms with Crippen molar-refractivity contribution in [3.8, 4) is 0 Å². The third-order valence-electron chi connectivity index (χ3n) is 3.85. The second-order valence-electron chi connectivity index (χ2n) is 5.53. The molecule has 6 heteroatoms. The zero-order valence-electron chi connectivity index (χ0n) is 12.9. The minimum absolute atomic E-state index is 0.186. The predicted octanol–water partition coefficient (Wildman–Crippen LogP) is 2.49. The van der Waals surface area contributed by atoms with E-state index in [1.807, 2.05) is 30.3 Å². The van der Waals surface area contributed by atoms with E-state index < -0.39 is 0 Å². The molecule has 0 unspecified atom stereocenters. The number of nitrogens with zero attached hydrogens (tertiary/aromatic N) is 4. The molecule has 3 aromatic rings. The van der Waals surface area contributed by atoms with Crippen LogP contribution in [0.25, 0.3) is 5.70 Å². The molecular weight excluding hydrogens is 322 g/mol. The van der Waals surface area contributed by atoms with E-state index in [9.17, 15) is 0 Å². The lowest BCUT2D eigenvalue weighted by Crippen LogP contribution is -2.40. The zero-order valence-corrected chi connectivity index (χ0v) is 13.7. The zero-order chi connectivity index (χ0) is 16.5. The maximum atomic E-state index is 5.91. The van der Waals surface area contributed by atoms with E-state index in [1.165, 1.54) is 11.8 Å². The van der Waals surface area contributed by atoms with Gasteiger partial charge in [-0.2, -0.15) is 0 Å². The van der Waals surface area contributed by atoms with Crippen LogP contribution in [0.2, 0.25) is 5.15 Å². The number of nitrogens with one attached hydrogen (secondary N) is 1. The highest BCUT2D eigenvalue weighted by Gasteiger charge is 2.15. The lowest BCUT2D eigenvalue weighted by molar-refractivity contribution is 0.883. The van der Waals surface area contributed by atoms with E-state index >= 15 is 0 Å². The summed E-state index contributed by atoms with van der Waals surface area (Å²) in [7, 11) is 0. The van der Waals surface area contributed by atoms with Gasteiger partial charge < -0.3 is 5.32 Å². The van der Waals surface area contributed by atoms with Gasteiger partial charge in [-0.25, -0.2) is 15.0 Å². The van der Waals surface area contributed by atoms with Gasteiger partial charge in [0.2, 0.25) is 0 Å². The largest absolute Gasteiger partial charge is 0.378 e. The standard InChI is InChI=1S/C18H14ClN5/c1-11(12-5-3-2-4-6-12)22-13-7-8-20-14(9-13)16-17-18(24-16)21-10-15(19)23-17/h2-11H,1H3,(H,20,22)/t11-/m0/s1. The number of fused-ring (bicyclic) bond motifs is 1. The highest BCUT2D eigenvalue weighted by atomic mass is 35.5. The number of anilines is 1. The first-order chi connectivity index (χ1) is 11.7. The third kappa shape index (κ3) is 2.74. The number of benzene rings is 1. The monoisotopic (exact) mass is 335 g/mol. The topological polar surface area (TPSA) is 63.1 Å². The Balaban J connectivity index is 1.63. The number of hydrogen-bond donors (Lipinski definition) is 1. The molecule has 118 valence electrons. The molecule has 1 atom stereocenters. The van der Waals surface area contributed by atoms with Crippen LogP contribution in [0.3, 0.4) is 0 Å². The lowest BCUT2D eigenvalue weighted by atomic mass is 10.1. The van der Waals surface area contributed by atoms with E-state index in [1.54, 1.807) is 6.20 Å². The normalized spacial score (nSPS) is 13.5. The summed E-state index contributed by atoms with van der Waals surface area (Å²) in [5, 5.41) is 4.53. The Kier molecular flexibility index (Phi) is 3.70. The number of pyridine rings is 1. The quantitative estimate of drug-likeness (QED) is 0.795. The SMILES string of the molecule is C[C@H](Nc1ccnc(C2=c3nc(Cl)cnc3=N2)c1)c1ccccc1. The van der Waals surface area contributed by atoms with Crippen LogP contribution in [0.15, 0.2) is 59.9 Å². The molecule has 5 nitrogen and oxygen atoms in total. The van der Waals surface area contributed by atoms with Gasteiger partial charge in [-0.1, -0.05) is 41.9 Å². The summed E-state index contributed by atoms with van der Waals surface area (Å²) in [5.74, 6) is 0. The van der Waals surface area contributed by atoms with E-state index in [4.69, 9.17) is 11.6 Å². The smallest absolute Gasteiger partial charge is 0.181 e. The molecule has 0 bridgehead atoms. The molecular formula is C18H14ClN5. The van der Waals surface area contributed by atoms with Crippen LogP contribution in [-0.2, 0) is 0 Å². The van der Waals surface area contributed by atoms with Gasteiger partial charge in [0.15, 0.2) is 5.49 Å². The minimum atomic E-state index is 0.186. The van der Waals surface area contributed by atoms with Gasteiger partial charge in [0.05, 0.1) is 11.9 Å². The Labute approximate surface area is 143 Å². The fourth-order valence-corrected chi connectivity index (χ4v) is 2.74. The Morgan fingerprint density at radius 1 is 1.08 bits per heavy atom. The van der Waals surface area contributed by atoms with Gasteiger partial charge in [0, 0.05) is 17.9 Å². The number of aromatic nitrogens is 3. The van der Waals surface area contributed by atoms with Crippen molar-refractivity contribution in [1.29, 1.82) is 0 Å². The second kappa shape index (κ2) is 6.02. The van der Waals surface area contributed by atoms with E-state index in [-0.39, 0.29) is 6.04 Å². The van der Waals surface area contributed by atoms with Crippen LogP contribution in [0.4, 0.5) is 5.69 Å². The molecule has 1 aromatic carbocycles. The maximum absolute atomic E-state index is 5.91. The van der Waals surface area contributed by atoms with Crippen molar-refractivity contribution in [2.45, 2.75) is 13.0 Å². The van der Waals surface area contributed by atoms with Crippen molar-refractivity contribution in [2.75, 3.05) is 5.32 Å². The Morgan fingerprint density at radius 3 is 2.75 bits per heavy atom. The number of hydrogen-bond acceptors (Lipinski definition) is 5. The molecule has 0 amide bonds. The molecule has 24 heavy (non-hydrogen) atoms. The average molecular weight is 336 g/mol. The predicted molar refractivity (Wildman–Crippen MR) is 93.0 cm³/mol. The van der Waals surface area contributed by atoms with Gasteiger partial charge in [0.1, 0.15) is 16.2 Å². The molecule has 0 spiro atoms. The summed E-state index contributed by atoms with van der Waals surface area (Å²) in [5.41, 5.74) is 4.27.